The molecule has 202 valence electrons. The number of hydrogen-bond donors (Lipinski definition) is 0. The largest absolute Gasteiger partial charge is 0.462 e. The van der Waals surface area contributed by atoms with Gasteiger partial charge in [0.2, 0.25) is 0 Å². The van der Waals surface area contributed by atoms with Gasteiger partial charge in [-0.3, -0.25) is 4.79 Å². The molecule has 0 amide bonds. The first-order valence-corrected chi connectivity index (χ1v) is 15.4. The van der Waals surface area contributed by atoms with Crippen molar-refractivity contribution in [3.8, 4) is 0 Å². The third-order valence-corrected chi connectivity index (χ3v) is 7.02. The smallest absolute Gasteiger partial charge is 0.306 e. The molecule has 34 heavy (non-hydrogen) atoms. The van der Waals surface area contributed by atoms with Gasteiger partial charge in [0, 0.05) is 12.8 Å². The van der Waals surface area contributed by atoms with E-state index in [0.29, 0.717) is 12.8 Å². The zero-order valence-electron chi connectivity index (χ0n) is 23.3. The van der Waals surface area contributed by atoms with E-state index in [1.165, 1.54) is 128 Å². The monoisotopic (exact) mass is 480 g/mol. The molecule has 0 aliphatic carbocycles. The normalized spacial score (nSPS) is 12.1. The summed E-state index contributed by atoms with van der Waals surface area (Å²) in [4.78, 5) is 23.2. The number of hydrogen-bond acceptors (Lipinski definition) is 3. The maximum atomic E-state index is 12.2. The molecule has 0 rings (SSSR count). The topological polar surface area (TPSA) is 43.4 Å². The van der Waals surface area contributed by atoms with Gasteiger partial charge in [0.1, 0.15) is 12.4 Å². The Morgan fingerprint density at radius 3 is 1.29 bits per heavy atom. The Balaban J connectivity index is 3.55. The predicted molar refractivity (Wildman–Crippen MR) is 147 cm³/mol. The number of carbonyl (C=O) groups is 2. The third kappa shape index (κ3) is 25.8. The summed E-state index contributed by atoms with van der Waals surface area (Å²) < 4.78 is 5.61. The molecule has 0 aromatic heterocycles. The van der Waals surface area contributed by atoms with Gasteiger partial charge in [-0.2, -0.15) is 0 Å². The van der Waals surface area contributed by atoms with Crippen molar-refractivity contribution in [3.05, 3.63) is 0 Å². The summed E-state index contributed by atoms with van der Waals surface area (Å²) in [5.41, 5.74) is 0. The fraction of sp³-hybridized carbons (Fsp3) is 0.935. The van der Waals surface area contributed by atoms with Gasteiger partial charge in [0.25, 0.3) is 0 Å². The fourth-order valence-electron chi connectivity index (χ4n) is 4.72. The van der Waals surface area contributed by atoms with E-state index >= 15 is 0 Å². The number of ether oxygens (including phenoxy) is 1. The number of carbonyl (C=O) groups excluding carboxylic acids is 2. The molecule has 0 N–H and O–H groups in total. The summed E-state index contributed by atoms with van der Waals surface area (Å²) >= 11 is 0. The lowest BCUT2D eigenvalue weighted by atomic mass is 10.0. The van der Waals surface area contributed by atoms with E-state index in [1.54, 1.807) is 0 Å². The van der Waals surface area contributed by atoms with Gasteiger partial charge in [0.15, 0.2) is 0 Å². The summed E-state index contributed by atoms with van der Waals surface area (Å²) in [5, 5.41) is 0. The van der Waals surface area contributed by atoms with Crippen molar-refractivity contribution in [2.75, 3.05) is 0 Å². The Bertz CT molecular complexity index is 421. The average molecular weight is 481 g/mol. The van der Waals surface area contributed by atoms with Crippen LogP contribution in [0, 0.1) is 0 Å². The second kappa shape index (κ2) is 28.4. The quantitative estimate of drug-likeness (QED) is 0.0635. The van der Waals surface area contributed by atoms with Crippen molar-refractivity contribution in [1.82, 2.24) is 0 Å². The van der Waals surface area contributed by atoms with Crippen LogP contribution in [0.15, 0.2) is 0 Å². The second-order valence-electron chi connectivity index (χ2n) is 10.5. The molecule has 1 unspecified atom stereocenters. The molecule has 0 aliphatic rings. The SMILES string of the molecule is CCCCCCCCCCCCCCC(=O)OC(CC=O)CCCCCCCCCCCCC. The minimum atomic E-state index is -0.208. The van der Waals surface area contributed by atoms with Crippen LogP contribution in [0.2, 0.25) is 0 Å². The van der Waals surface area contributed by atoms with E-state index in [-0.39, 0.29) is 12.1 Å². The summed E-state index contributed by atoms with van der Waals surface area (Å²) in [5.74, 6) is -0.109. The van der Waals surface area contributed by atoms with Crippen molar-refractivity contribution in [3.63, 3.8) is 0 Å². The van der Waals surface area contributed by atoms with Crippen LogP contribution >= 0.6 is 0 Å². The zero-order valence-corrected chi connectivity index (χ0v) is 23.3. The van der Waals surface area contributed by atoms with Gasteiger partial charge in [-0.05, 0) is 19.3 Å². The standard InChI is InChI=1S/C31H60O3/c1-3-5-7-9-11-13-15-17-19-21-23-25-27-31(33)34-30(28-29-32)26-24-22-20-18-16-14-12-10-8-6-4-2/h29-30H,3-28H2,1-2H3. The minimum absolute atomic E-state index is 0.109. The van der Waals surface area contributed by atoms with Crippen LogP contribution in [0.3, 0.4) is 0 Å². The summed E-state index contributed by atoms with van der Waals surface area (Å²) in [6.45, 7) is 4.53. The lowest BCUT2D eigenvalue weighted by Gasteiger charge is -2.15. The van der Waals surface area contributed by atoms with Crippen LogP contribution < -0.4 is 0 Å². The number of unbranched alkanes of at least 4 members (excludes halogenated alkanes) is 21. The highest BCUT2D eigenvalue weighted by molar-refractivity contribution is 5.69. The molecule has 3 heteroatoms. The first-order chi connectivity index (χ1) is 16.7. The van der Waals surface area contributed by atoms with Gasteiger partial charge < -0.3 is 9.53 Å². The molecule has 0 saturated carbocycles. The summed E-state index contributed by atoms with van der Waals surface area (Å²) in [6.07, 6.45) is 32.3. The molecule has 0 radical (unpaired) electrons. The van der Waals surface area contributed by atoms with Crippen LogP contribution in [-0.4, -0.2) is 18.4 Å². The Morgan fingerprint density at radius 1 is 0.559 bits per heavy atom. The van der Waals surface area contributed by atoms with E-state index < -0.39 is 0 Å². The van der Waals surface area contributed by atoms with Crippen LogP contribution in [0.4, 0.5) is 0 Å². The van der Waals surface area contributed by atoms with Crippen LogP contribution in [0.1, 0.15) is 181 Å². The number of esters is 1. The van der Waals surface area contributed by atoms with Crippen LogP contribution in [0.25, 0.3) is 0 Å². The van der Waals surface area contributed by atoms with Gasteiger partial charge in [-0.15, -0.1) is 0 Å². The lowest BCUT2D eigenvalue weighted by Crippen LogP contribution is -2.18. The molecule has 0 aromatic carbocycles. The fourth-order valence-corrected chi connectivity index (χ4v) is 4.72. The third-order valence-electron chi connectivity index (χ3n) is 7.02. The van der Waals surface area contributed by atoms with Crippen molar-refractivity contribution in [2.45, 2.75) is 187 Å². The predicted octanol–water partition coefficient (Wildman–Crippen LogP) is 10.3. The Labute approximate surface area is 213 Å². The van der Waals surface area contributed by atoms with Crippen LogP contribution in [-0.2, 0) is 14.3 Å². The zero-order chi connectivity index (χ0) is 25.0. The van der Waals surface area contributed by atoms with E-state index in [0.717, 1.165) is 32.0 Å². The molecular weight excluding hydrogens is 420 g/mol. The maximum absolute atomic E-state index is 12.2. The van der Waals surface area contributed by atoms with E-state index in [2.05, 4.69) is 13.8 Å². The van der Waals surface area contributed by atoms with E-state index in [9.17, 15) is 9.59 Å². The van der Waals surface area contributed by atoms with Crippen molar-refractivity contribution >= 4 is 12.3 Å². The van der Waals surface area contributed by atoms with E-state index in [4.69, 9.17) is 4.74 Å². The van der Waals surface area contributed by atoms with Gasteiger partial charge in [-0.25, -0.2) is 0 Å². The van der Waals surface area contributed by atoms with Crippen molar-refractivity contribution < 1.29 is 14.3 Å². The van der Waals surface area contributed by atoms with Crippen LogP contribution in [0.5, 0.6) is 0 Å². The summed E-state index contributed by atoms with van der Waals surface area (Å²) in [6, 6.07) is 0. The highest BCUT2D eigenvalue weighted by Crippen LogP contribution is 2.16. The van der Waals surface area contributed by atoms with Gasteiger partial charge in [-0.1, -0.05) is 149 Å². The van der Waals surface area contributed by atoms with Crippen molar-refractivity contribution in [2.24, 2.45) is 0 Å². The van der Waals surface area contributed by atoms with Crippen molar-refractivity contribution in [1.29, 1.82) is 0 Å². The molecule has 3 nitrogen and oxygen atoms in total. The first kappa shape index (κ1) is 33.1. The first-order valence-electron chi connectivity index (χ1n) is 15.4. The number of aldehydes is 1. The highest BCUT2D eigenvalue weighted by Gasteiger charge is 2.13. The second-order valence-corrected chi connectivity index (χ2v) is 10.5. The molecule has 0 bridgehead atoms. The Hall–Kier alpha value is -0.860. The maximum Gasteiger partial charge on any atom is 0.306 e. The van der Waals surface area contributed by atoms with E-state index in [1.807, 2.05) is 0 Å². The molecule has 0 aliphatic heterocycles. The van der Waals surface area contributed by atoms with Gasteiger partial charge in [0.05, 0.1) is 0 Å². The molecule has 0 heterocycles. The average Bonchev–Trinajstić information content (AvgIpc) is 2.83. The molecule has 0 aromatic rings. The Kier molecular flexibility index (Phi) is 27.7. The number of rotatable bonds is 28. The van der Waals surface area contributed by atoms with Gasteiger partial charge >= 0.3 is 5.97 Å². The molecule has 0 fully saturated rings. The Morgan fingerprint density at radius 2 is 0.912 bits per heavy atom. The molecular formula is C31H60O3. The lowest BCUT2D eigenvalue weighted by molar-refractivity contribution is -0.150. The minimum Gasteiger partial charge on any atom is -0.462 e. The molecule has 1 atom stereocenters. The highest BCUT2D eigenvalue weighted by atomic mass is 16.5. The molecule has 0 saturated heterocycles. The summed E-state index contributed by atoms with van der Waals surface area (Å²) in [7, 11) is 0. The molecule has 0 spiro atoms.